The molecule has 3 N–H and O–H groups in total. The highest BCUT2D eigenvalue weighted by Gasteiger charge is 2.38. The van der Waals surface area contributed by atoms with Gasteiger partial charge in [-0.2, -0.15) is 0 Å². The number of rotatable bonds is 6. The zero-order valence-corrected chi connectivity index (χ0v) is 24.2. The number of carboxylic acid groups (broad SMARTS) is 1. The quantitative estimate of drug-likeness (QED) is 0.422. The van der Waals surface area contributed by atoms with Gasteiger partial charge in [0.2, 0.25) is 5.91 Å². The van der Waals surface area contributed by atoms with E-state index in [-0.39, 0.29) is 46.4 Å². The molecule has 1 aromatic heterocycles. The molecule has 0 spiro atoms. The molecule has 3 aliphatic rings. The first-order valence-corrected chi connectivity index (χ1v) is 15.2. The third-order valence-corrected chi connectivity index (χ3v) is 9.99. The Labute approximate surface area is 230 Å². The summed E-state index contributed by atoms with van der Waals surface area (Å²) in [4.78, 5) is 42.0. The van der Waals surface area contributed by atoms with Crippen LogP contribution in [0.3, 0.4) is 0 Å². The van der Waals surface area contributed by atoms with Crippen molar-refractivity contribution in [1.82, 2.24) is 10.6 Å². The van der Waals surface area contributed by atoms with E-state index < -0.39 is 5.97 Å². The van der Waals surface area contributed by atoms with E-state index in [9.17, 15) is 19.5 Å². The number of alkyl carbamates (subject to hydrolysis) is 1. The predicted molar refractivity (Wildman–Crippen MR) is 150 cm³/mol. The summed E-state index contributed by atoms with van der Waals surface area (Å²) in [6, 6.07) is 1.86. The van der Waals surface area contributed by atoms with Crippen LogP contribution in [-0.4, -0.2) is 54.4 Å². The second kappa shape index (κ2) is 12.4. The van der Waals surface area contributed by atoms with Crippen molar-refractivity contribution in [3.8, 4) is 0 Å². The molecule has 38 heavy (non-hydrogen) atoms. The molecule has 0 aromatic carbocycles. The first kappa shape index (κ1) is 28.9. The number of amides is 2. The van der Waals surface area contributed by atoms with Gasteiger partial charge in [-0.25, -0.2) is 9.59 Å². The summed E-state index contributed by atoms with van der Waals surface area (Å²) in [5, 5.41) is 16.4. The van der Waals surface area contributed by atoms with Crippen LogP contribution in [0.1, 0.15) is 106 Å². The van der Waals surface area contributed by atoms with Gasteiger partial charge in [-0.3, -0.25) is 4.79 Å². The maximum Gasteiger partial charge on any atom is 0.407 e. The highest BCUT2D eigenvalue weighted by Crippen LogP contribution is 2.41. The summed E-state index contributed by atoms with van der Waals surface area (Å²) < 4.78 is 5.62. The molecular formula is C29H45N3O5S. The smallest absolute Gasteiger partial charge is 0.407 e. The van der Waals surface area contributed by atoms with E-state index in [2.05, 4.69) is 38.3 Å². The Morgan fingerprint density at radius 1 is 1.00 bits per heavy atom. The number of carbonyl (C=O) groups is 3. The number of hydrogen-bond acceptors (Lipinski definition) is 6. The van der Waals surface area contributed by atoms with Gasteiger partial charge in [0.05, 0.1) is 5.69 Å². The molecular weight excluding hydrogens is 502 g/mol. The predicted octanol–water partition coefficient (Wildman–Crippen LogP) is 5.69. The molecule has 1 aromatic rings. The number of carboxylic acids is 1. The monoisotopic (exact) mass is 547 g/mol. The summed E-state index contributed by atoms with van der Waals surface area (Å²) >= 11 is 1.29. The summed E-state index contributed by atoms with van der Waals surface area (Å²) in [6.07, 6.45) is 7.94. The molecule has 8 nitrogen and oxygen atoms in total. The van der Waals surface area contributed by atoms with Crippen molar-refractivity contribution in [1.29, 1.82) is 0 Å². The van der Waals surface area contributed by atoms with Crippen molar-refractivity contribution >= 4 is 35.0 Å². The first-order chi connectivity index (χ1) is 18.0. The van der Waals surface area contributed by atoms with Crippen LogP contribution in [0.5, 0.6) is 0 Å². The van der Waals surface area contributed by atoms with Gasteiger partial charge in [-0.1, -0.05) is 27.7 Å². The molecule has 2 amide bonds. The minimum atomic E-state index is -0.980. The van der Waals surface area contributed by atoms with Gasteiger partial charge in [-0.15, -0.1) is 11.3 Å². The lowest BCUT2D eigenvalue weighted by Crippen LogP contribution is -2.49. The summed E-state index contributed by atoms with van der Waals surface area (Å²) in [5.41, 5.74) is 0.344. The second-order valence-corrected chi connectivity index (χ2v) is 13.6. The lowest BCUT2D eigenvalue weighted by molar-refractivity contribution is -0.124. The fourth-order valence-electron chi connectivity index (χ4n) is 6.03. The highest BCUT2D eigenvalue weighted by molar-refractivity contribution is 7.14. The number of carbonyl (C=O) groups excluding carboxylic acids is 2. The van der Waals surface area contributed by atoms with Crippen LogP contribution in [0.25, 0.3) is 0 Å². The van der Waals surface area contributed by atoms with Crippen molar-refractivity contribution in [3.05, 3.63) is 15.8 Å². The standard InChI is InChI=1S/C29H45N3O5S/c1-18-5-7-19(8-6-18)26(33)32(23-17-24(29(2,3)4)38-25(23)27(34)35)21-11-9-20(10-12-21)31-28(36)37-22-13-15-30-16-14-22/h17-22,30H,5-16H2,1-4H3,(H,31,36)(H,34,35). The topological polar surface area (TPSA) is 108 Å². The molecule has 2 saturated carbocycles. The molecule has 2 aliphatic carbocycles. The van der Waals surface area contributed by atoms with Gasteiger partial charge >= 0.3 is 12.1 Å². The Kier molecular flexibility index (Phi) is 9.40. The molecule has 0 bridgehead atoms. The van der Waals surface area contributed by atoms with Gasteiger partial charge in [0.25, 0.3) is 0 Å². The number of aromatic carboxylic acids is 1. The Balaban J connectivity index is 1.50. The lowest BCUT2D eigenvalue weighted by Gasteiger charge is -2.39. The van der Waals surface area contributed by atoms with Crippen molar-refractivity contribution in [2.75, 3.05) is 18.0 Å². The van der Waals surface area contributed by atoms with Crippen LogP contribution >= 0.6 is 11.3 Å². The lowest BCUT2D eigenvalue weighted by atomic mass is 9.81. The van der Waals surface area contributed by atoms with E-state index in [1.54, 1.807) is 0 Å². The minimum absolute atomic E-state index is 0.000460. The molecule has 3 fully saturated rings. The third kappa shape index (κ3) is 7.08. The fourth-order valence-corrected chi connectivity index (χ4v) is 7.07. The first-order valence-electron chi connectivity index (χ1n) is 14.4. The Hall–Kier alpha value is -2.13. The van der Waals surface area contributed by atoms with Gasteiger partial charge < -0.3 is 25.4 Å². The molecule has 0 atom stereocenters. The number of piperidine rings is 1. The van der Waals surface area contributed by atoms with Crippen molar-refractivity contribution in [3.63, 3.8) is 0 Å². The van der Waals surface area contributed by atoms with Crippen LogP contribution in [0.2, 0.25) is 0 Å². The highest BCUT2D eigenvalue weighted by atomic mass is 32.1. The van der Waals surface area contributed by atoms with Crippen LogP contribution in [0.4, 0.5) is 10.5 Å². The van der Waals surface area contributed by atoms with Gasteiger partial charge in [0, 0.05) is 22.9 Å². The Bertz CT molecular complexity index is 981. The number of hydrogen-bond donors (Lipinski definition) is 3. The van der Waals surface area contributed by atoms with Crippen molar-refractivity contribution in [2.45, 2.75) is 116 Å². The van der Waals surface area contributed by atoms with E-state index in [0.29, 0.717) is 24.4 Å². The second-order valence-electron chi connectivity index (χ2n) is 12.5. The summed E-state index contributed by atoms with van der Waals surface area (Å²) in [6.45, 7) is 10.2. The number of nitrogens with one attached hydrogen (secondary N) is 2. The van der Waals surface area contributed by atoms with Crippen molar-refractivity contribution in [2.24, 2.45) is 11.8 Å². The zero-order chi connectivity index (χ0) is 27.4. The Morgan fingerprint density at radius 3 is 2.21 bits per heavy atom. The summed E-state index contributed by atoms with van der Waals surface area (Å²) in [7, 11) is 0. The van der Waals surface area contributed by atoms with E-state index in [0.717, 1.165) is 69.3 Å². The molecule has 1 aliphatic heterocycles. The maximum atomic E-state index is 14.1. The molecule has 1 saturated heterocycles. The molecule has 2 heterocycles. The minimum Gasteiger partial charge on any atom is -0.477 e. The average molecular weight is 548 g/mol. The normalized spacial score (nSPS) is 26.9. The zero-order valence-electron chi connectivity index (χ0n) is 23.4. The molecule has 0 radical (unpaired) electrons. The third-order valence-electron chi connectivity index (χ3n) is 8.45. The van der Waals surface area contributed by atoms with Crippen LogP contribution < -0.4 is 15.5 Å². The number of thiophene rings is 1. The summed E-state index contributed by atoms with van der Waals surface area (Å²) in [5.74, 6) is -0.352. The van der Waals surface area contributed by atoms with Crippen molar-refractivity contribution < 1.29 is 24.2 Å². The number of anilines is 1. The van der Waals surface area contributed by atoms with E-state index in [4.69, 9.17) is 4.74 Å². The molecule has 4 rings (SSSR count). The van der Waals surface area contributed by atoms with Gasteiger partial charge in [0.15, 0.2) is 0 Å². The molecule has 9 heteroatoms. The maximum absolute atomic E-state index is 14.1. The molecule has 212 valence electrons. The van der Waals surface area contributed by atoms with Gasteiger partial charge in [0.1, 0.15) is 11.0 Å². The number of nitrogens with zero attached hydrogens (tertiary/aromatic N) is 1. The Morgan fingerprint density at radius 2 is 1.63 bits per heavy atom. The van der Waals surface area contributed by atoms with E-state index in [1.807, 2.05) is 11.0 Å². The van der Waals surface area contributed by atoms with E-state index in [1.165, 1.54) is 11.3 Å². The van der Waals surface area contributed by atoms with Crippen LogP contribution in [-0.2, 0) is 14.9 Å². The fraction of sp³-hybridized carbons (Fsp3) is 0.759. The van der Waals surface area contributed by atoms with Gasteiger partial charge in [-0.05, 0) is 94.7 Å². The average Bonchev–Trinajstić information content (AvgIpc) is 3.32. The van der Waals surface area contributed by atoms with Crippen LogP contribution in [0, 0.1) is 11.8 Å². The van der Waals surface area contributed by atoms with Crippen LogP contribution in [0.15, 0.2) is 6.07 Å². The largest absolute Gasteiger partial charge is 0.477 e. The van der Waals surface area contributed by atoms with E-state index >= 15 is 0 Å². The number of ether oxygens (including phenoxy) is 1. The SMILES string of the molecule is CC1CCC(C(=O)N(c2cc(C(C)(C)C)sc2C(=O)O)C2CCC(NC(=O)OC3CCNCC3)CC2)CC1. The molecule has 0 unspecified atom stereocenters.